The fraction of sp³-hybridized carbons (Fsp3) is 1.00. The van der Waals surface area contributed by atoms with Crippen LogP contribution in [0.15, 0.2) is 0 Å². The molecule has 10 heavy (non-hydrogen) atoms. The predicted molar refractivity (Wildman–Crippen MR) is 38.8 cm³/mol. The SMILES string of the molecule is CCN(CC)OS(C)(=O)=O. The largest absolute Gasteiger partial charge is 0.280 e. The van der Waals surface area contributed by atoms with Crippen LogP contribution in [0.3, 0.4) is 0 Å². The third-order valence-electron chi connectivity index (χ3n) is 0.946. The predicted octanol–water partition coefficient (Wildman–Crippen LogP) is 0.219. The third kappa shape index (κ3) is 4.72. The molecule has 0 atom stereocenters. The van der Waals surface area contributed by atoms with Gasteiger partial charge in [0.15, 0.2) is 0 Å². The van der Waals surface area contributed by atoms with Crippen LogP contribution in [0, 0.1) is 0 Å². The van der Waals surface area contributed by atoms with Crippen molar-refractivity contribution in [1.29, 1.82) is 0 Å². The molecule has 0 rings (SSSR count). The molecule has 0 fully saturated rings. The summed E-state index contributed by atoms with van der Waals surface area (Å²) in [5, 5.41) is 1.37. The molecule has 0 aromatic rings. The minimum atomic E-state index is -3.32. The van der Waals surface area contributed by atoms with Crippen LogP contribution in [0.4, 0.5) is 0 Å². The van der Waals surface area contributed by atoms with Crippen molar-refractivity contribution in [3.05, 3.63) is 0 Å². The van der Waals surface area contributed by atoms with Crippen LogP contribution < -0.4 is 0 Å². The highest BCUT2D eigenvalue weighted by Gasteiger charge is 2.07. The molecule has 0 radical (unpaired) electrons. The average Bonchev–Trinajstić information content (AvgIpc) is 1.81. The lowest BCUT2D eigenvalue weighted by atomic mass is 10.6. The molecule has 0 aromatic heterocycles. The summed E-state index contributed by atoms with van der Waals surface area (Å²) in [5.74, 6) is 0. The van der Waals surface area contributed by atoms with E-state index in [2.05, 4.69) is 4.28 Å². The van der Waals surface area contributed by atoms with E-state index in [1.54, 1.807) is 0 Å². The van der Waals surface area contributed by atoms with E-state index in [-0.39, 0.29) is 0 Å². The smallest absolute Gasteiger partial charge is 0.198 e. The zero-order valence-corrected chi connectivity index (χ0v) is 7.31. The highest BCUT2D eigenvalue weighted by molar-refractivity contribution is 7.85. The van der Waals surface area contributed by atoms with Crippen molar-refractivity contribution in [2.75, 3.05) is 19.3 Å². The average molecular weight is 167 g/mol. The fourth-order valence-corrected chi connectivity index (χ4v) is 1.11. The van der Waals surface area contributed by atoms with Crippen LogP contribution in [0.25, 0.3) is 0 Å². The zero-order valence-electron chi connectivity index (χ0n) is 6.49. The fourth-order valence-electron chi connectivity index (χ4n) is 0.520. The molecule has 5 heteroatoms. The summed E-state index contributed by atoms with van der Waals surface area (Å²) in [7, 11) is -3.32. The van der Waals surface area contributed by atoms with Crippen LogP contribution in [0.2, 0.25) is 0 Å². The summed E-state index contributed by atoms with van der Waals surface area (Å²) in [5.41, 5.74) is 0. The molecule has 0 aromatic carbocycles. The Morgan fingerprint density at radius 3 is 1.80 bits per heavy atom. The maximum Gasteiger partial charge on any atom is 0.280 e. The summed E-state index contributed by atoms with van der Waals surface area (Å²) < 4.78 is 25.5. The standard InChI is InChI=1S/C5H13NO3S/c1-4-6(5-2)9-10(3,7)8/h4-5H2,1-3H3. The van der Waals surface area contributed by atoms with Crippen LogP contribution in [-0.2, 0) is 14.4 Å². The third-order valence-corrected chi connectivity index (χ3v) is 1.43. The van der Waals surface area contributed by atoms with Crippen molar-refractivity contribution in [2.45, 2.75) is 13.8 Å². The van der Waals surface area contributed by atoms with Gasteiger partial charge >= 0.3 is 0 Å². The Morgan fingerprint density at radius 2 is 1.70 bits per heavy atom. The van der Waals surface area contributed by atoms with E-state index in [0.29, 0.717) is 13.1 Å². The normalized spacial score (nSPS) is 12.4. The molecule has 0 spiro atoms. The molecule has 0 heterocycles. The molecule has 62 valence electrons. The van der Waals surface area contributed by atoms with E-state index in [4.69, 9.17) is 0 Å². The minimum Gasteiger partial charge on any atom is -0.198 e. The topological polar surface area (TPSA) is 46.6 Å². The van der Waals surface area contributed by atoms with Gasteiger partial charge in [0.25, 0.3) is 10.1 Å². The van der Waals surface area contributed by atoms with Crippen molar-refractivity contribution in [3.8, 4) is 0 Å². The Kier molecular flexibility index (Phi) is 3.85. The highest BCUT2D eigenvalue weighted by Crippen LogP contribution is 1.94. The summed E-state index contributed by atoms with van der Waals surface area (Å²) in [6.07, 6.45) is 1.03. The first-order valence-corrected chi connectivity index (χ1v) is 4.95. The minimum absolute atomic E-state index is 0.573. The number of hydroxylamine groups is 2. The molecular formula is C5H13NO3S. The number of nitrogens with zero attached hydrogens (tertiary/aromatic N) is 1. The first kappa shape index (κ1) is 9.87. The van der Waals surface area contributed by atoms with Gasteiger partial charge in [0.05, 0.1) is 6.26 Å². The van der Waals surface area contributed by atoms with Gasteiger partial charge in [-0.05, 0) is 0 Å². The van der Waals surface area contributed by atoms with Crippen molar-refractivity contribution in [3.63, 3.8) is 0 Å². The van der Waals surface area contributed by atoms with E-state index in [0.717, 1.165) is 6.26 Å². The number of rotatable bonds is 4. The molecular weight excluding hydrogens is 154 g/mol. The second-order valence-corrected chi connectivity index (χ2v) is 3.45. The Hall–Kier alpha value is -0.130. The van der Waals surface area contributed by atoms with Crippen molar-refractivity contribution in [2.24, 2.45) is 0 Å². The molecule has 0 amide bonds. The van der Waals surface area contributed by atoms with E-state index in [1.165, 1.54) is 5.06 Å². The first-order chi connectivity index (χ1) is 4.49. The van der Waals surface area contributed by atoms with Gasteiger partial charge in [-0.1, -0.05) is 13.8 Å². The van der Waals surface area contributed by atoms with Gasteiger partial charge in [-0.15, -0.1) is 0 Å². The maximum absolute atomic E-state index is 10.5. The lowest BCUT2D eigenvalue weighted by molar-refractivity contribution is -0.0403. The second kappa shape index (κ2) is 3.90. The molecule has 0 aliphatic rings. The van der Waals surface area contributed by atoms with Crippen molar-refractivity contribution in [1.82, 2.24) is 5.06 Å². The molecule has 0 aliphatic heterocycles. The van der Waals surface area contributed by atoms with Gasteiger partial charge < -0.3 is 0 Å². The first-order valence-electron chi connectivity index (χ1n) is 3.14. The van der Waals surface area contributed by atoms with Gasteiger partial charge in [0.2, 0.25) is 0 Å². The molecule has 0 saturated carbocycles. The van der Waals surface area contributed by atoms with Crippen LogP contribution in [0.1, 0.15) is 13.8 Å². The summed E-state index contributed by atoms with van der Waals surface area (Å²) >= 11 is 0. The quantitative estimate of drug-likeness (QED) is 0.562. The van der Waals surface area contributed by atoms with E-state index in [9.17, 15) is 8.42 Å². The maximum atomic E-state index is 10.5. The van der Waals surface area contributed by atoms with Crippen LogP contribution >= 0.6 is 0 Å². The molecule has 0 saturated heterocycles. The Labute approximate surface area is 61.9 Å². The van der Waals surface area contributed by atoms with Gasteiger partial charge in [0, 0.05) is 13.1 Å². The second-order valence-electron chi connectivity index (χ2n) is 1.89. The van der Waals surface area contributed by atoms with Gasteiger partial charge in [-0.2, -0.15) is 17.8 Å². The van der Waals surface area contributed by atoms with Crippen molar-refractivity contribution < 1.29 is 12.7 Å². The van der Waals surface area contributed by atoms with Crippen LogP contribution in [0.5, 0.6) is 0 Å². The lowest BCUT2D eigenvalue weighted by Crippen LogP contribution is -2.26. The monoisotopic (exact) mass is 167 g/mol. The lowest BCUT2D eigenvalue weighted by Gasteiger charge is -2.14. The van der Waals surface area contributed by atoms with Crippen LogP contribution in [-0.4, -0.2) is 32.8 Å². The summed E-state index contributed by atoms with van der Waals surface area (Å²) in [6.45, 7) is 4.80. The van der Waals surface area contributed by atoms with E-state index in [1.807, 2.05) is 13.8 Å². The van der Waals surface area contributed by atoms with Crippen molar-refractivity contribution >= 4 is 10.1 Å². The summed E-state index contributed by atoms with van der Waals surface area (Å²) in [6, 6.07) is 0. The number of hydrogen-bond acceptors (Lipinski definition) is 4. The van der Waals surface area contributed by atoms with Gasteiger partial charge in [0.1, 0.15) is 0 Å². The van der Waals surface area contributed by atoms with Gasteiger partial charge in [-0.25, -0.2) is 0 Å². The molecule has 0 bridgehead atoms. The summed E-state index contributed by atoms with van der Waals surface area (Å²) in [4.78, 5) is 0. The zero-order chi connectivity index (χ0) is 8.20. The Balaban J connectivity index is 3.87. The molecule has 0 aliphatic carbocycles. The highest BCUT2D eigenvalue weighted by atomic mass is 32.2. The molecule has 0 N–H and O–H groups in total. The van der Waals surface area contributed by atoms with Gasteiger partial charge in [-0.3, -0.25) is 0 Å². The Bertz CT molecular complexity index is 171. The van der Waals surface area contributed by atoms with E-state index < -0.39 is 10.1 Å². The molecule has 4 nitrogen and oxygen atoms in total. The number of hydrogen-bond donors (Lipinski definition) is 0. The molecule has 0 unspecified atom stereocenters. The Morgan fingerprint density at radius 1 is 1.30 bits per heavy atom. The van der Waals surface area contributed by atoms with E-state index >= 15 is 0 Å².